The van der Waals surface area contributed by atoms with Crippen LogP contribution in [0.25, 0.3) is 0 Å². The molecule has 1 unspecified atom stereocenters. The number of nitrogens with zero attached hydrogens (tertiary/aromatic N) is 3. The third kappa shape index (κ3) is 1.13. The molecule has 1 atom stereocenters. The molecule has 0 aliphatic carbocycles. The number of hydrogen-bond acceptors (Lipinski definition) is 3. The molecule has 5 heteroatoms. The van der Waals surface area contributed by atoms with Crippen LogP contribution in [0.1, 0.15) is 11.9 Å². The molecule has 56 valence electrons. The van der Waals surface area contributed by atoms with Crippen molar-refractivity contribution >= 4 is 0 Å². The Hall–Kier alpha value is -0.970. The Labute approximate surface area is 57.8 Å². The van der Waals surface area contributed by atoms with Gasteiger partial charge in [-0.3, -0.25) is 0 Å². The van der Waals surface area contributed by atoms with Gasteiger partial charge in [0.2, 0.25) is 0 Å². The summed E-state index contributed by atoms with van der Waals surface area (Å²) in [6.07, 6.45) is 0.220. The van der Waals surface area contributed by atoms with E-state index in [1.165, 1.54) is 10.9 Å². The van der Waals surface area contributed by atoms with E-state index < -0.39 is 6.17 Å². The van der Waals surface area contributed by atoms with Crippen LogP contribution in [-0.4, -0.2) is 21.5 Å². The highest BCUT2D eigenvalue weighted by Crippen LogP contribution is 2.11. The highest BCUT2D eigenvalue weighted by Gasteiger charge is 2.11. The molecule has 0 saturated heterocycles. The van der Waals surface area contributed by atoms with Gasteiger partial charge in [-0.15, -0.1) is 5.10 Å². The second kappa shape index (κ2) is 2.74. The topological polar surface area (TPSA) is 56.7 Å². The van der Waals surface area contributed by atoms with E-state index >= 15 is 0 Å². The largest absolute Gasteiger partial charge is 0.327 e. The number of aromatic nitrogens is 3. The van der Waals surface area contributed by atoms with Crippen LogP contribution < -0.4 is 5.73 Å². The molecule has 0 aliphatic rings. The Bertz CT molecular complexity index is 209. The average molecular weight is 144 g/mol. The molecular formula is C5H9FN4. The minimum absolute atomic E-state index is 0.0266. The van der Waals surface area contributed by atoms with Crippen LogP contribution in [-0.2, 0) is 7.05 Å². The van der Waals surface area contributed by atoms with Crippen LogP contribution in [0.5, 0.6) is 0 Å². The minimum Gasteiger partial charge on any atom is -0.327 e. The zero-order valence-electron chi connectivity index (χ0n) is 5.66. The van der Waals surface area contributed by atoms with Crippen molar-refractivity contribution in [1.82, 2.24) is 15.0 Å². The van der Waals surface area contributed by atoms with E-state index in [1.807, 2.05) is 0 Å². The molecule has 0 saturated carbocycles. The fourth-order valence-electron chi connectivity index (χ4n) is 0.702. The third-order valence-corrected chi connectivity index (χ3v) is 1.28. The molecule has 0 aromatic carbocycles. The molecule has 1 aromatic heterocycles. The predicted octanol–water partition coefficient (Wildman–Crippen LogP) is -0.216. The predicted molar refractivity (Wildman–Crippen MR) is 33.9 cm³/mol. The van der Waals surface area contributed by atoms with Crippen LogP contribution in [0.2, 0.25) is 0 Å². The molecule has 0 bridgehead atoms. The summed E-state index contributed by atoms with van der Waals surface area (Å²) in [6.45, 7) is -0.0266. The number of alkyl halides is 1. The van der Waals surface area contributed by atoms with Crippen molar-refractivity contribution in [1.29, 1.82) is 0 Å². The number of nitrogens with two attached hydrogens (primary N) is 1. The van der Waals surface area contributed by atoms with Gasteiger partial charge in [0, 0.05) is 13.6 Å². The lowest BCUT2D eigenvalue weighted by Gasteiger charge is -2.02. The first-order valence-corrected chi connectivity index (χ1v) is 2.94. The van der Waals surface area contributed by atoms with Crippen LogP contribution >= 0.6 is 0 Å². The number of halogens is 1. The van der Waals surface area contributed by atoms with Crippen molar-refractivity contribution in [3.63, 3.8) is 0 Å². The fraction of sp³-hybridized carbons (Fsp3) is 0.600. The monoisotopic (exact) mass is 144 g/mol. The molecule has 10 heavy (non-hydrogen) atoms. The maximum Gasteiger partial charge on any atom is 0.155 e. The van der Waals surface area contributed by atoms with Gasteiger partial charge in [0.05, 0.1) is 11.9 Å². The quantitative estimate of drug-likeness (QED) is 0.624. The Morgan fingerprint density at radius 1 is 1.90 bits per heavy atom. The second-order valence-corrected chi connectivity index (χ2v) is 1.99. The summed E-state index contributed by atoms with van der Waals surface area (Å²) in [7, 11) is 1.63. The van der Waals surface area contributed by atoms with Gasteiger partial charge >= 0.3 is 0 Å². The van der Waals surface area contributed by atoms with Crippen LogP contribution in [0.3, 0.4) is 0 Å². The van der Waals surface area contributed by atoms with Crippen molar-refractivity contribution < 1.29 is 4.39 Å². The van der Waals surface area contributed by atoms with Gasteiger partial charge in [-0.2, -0.15) is 0 Å². The van der Waals surface area contributed by atoms with Crippen LogP contribution in [0, 0.1) is 0 Å². The van der Waals surface area contributed by atoms with Crippen molar-refractivity contribution in [2.24, 2.45) is 12.8 Å². The lowest BCUT2D eigenvalue weighted by molar-refractivity contribution is 0.334. The number of aryl methyl sites for hydroxylation is 1. The van der Waals surface area contributed by atoms with Gasteiger partial charge in [0.1, 0.15) is 0 Å². The second-order valence-electron chi connectivity index (χ2n) is 1.99. The van der Waals surface area contributed by atoms with Gasteiger partial charge in [-0.1, -0.05) is 5.21 Å². The molecule has 0 amide bonds. The summed E-state index contributed by atoms with van der Waals surface area (Å²) >= 11 is 0. The SMILES string of the molecule is Cn1nncc1C(F)CN. The van der Waals surface area contributed by atoms with Crippen molar-refractivity contribution in [2.75, 3.05) is 6.54 Å². The molecule has 0 aliphatic heterocycles. The standard InChI is InChI=1S/C5H9FN4/c1-10-5(3-8-9-10)4(6)2-7/h3-4H,2,7H2,1H3. The first-order chi connectivity index (χ1) is 4.75. The summed E-state index contributed by atoms with van der Waals surface area (Å²) in [5.74, 6) is 0. The van der Waals surface area contributed by atoms with Crippen molar-refractivity contribution in [3.05, 3.63) is 11.9 Å². The zero-order chi connectivity index (χ0) is 7.56. The van der Waals surface area contributed by atoms with Crippen molar-refractivity contribution in [3.8, 4) is 0 Å². The molecular weight excluding hydrogens is 135 g/mol. The van der Waals surface area contributed by atoms with E-state index in [1.54, 1.807) is 7.05 Å². The van der Waals surface area contributed by atoms with Crippen LogP contribution in [0.15, 0.2) is 6.20 Å². The molecule has 2 N–H and O–H groups in total. The summed E-state index contributed by atoms with van der Waals surface area (Å²) in [4.78, 5) is 0. The summed E-state index contributed by atoms with van der Waals surface area (Å²) < 4.78 is 14.1. The first kappa shape index (κ1) is 7.14. The van der Waals surface area contributed by atoms with Gasteiger partial charge in [0.25, 0.3) is 0 Å². The normalized spacial score (nSPS) is 13.5. The van der Waals surface area contributed by atoms with Gasteiger partial charge in [-0.05, 0) is 0 Å². The summed E-state index contributed by atoms with van der Waals surface area (Å²) in [5.41, 5.74) is 5.51. The number of hydrogen-bond donors (Lipinski definition) is 1. The molecule has 1 rings (SSSR count). The van der Waals surface area contributed by atoms with Crippen molar-refractivity contribution in [2.45, 2.75) is 6.17 Å². The third-order valence-electron chi connectivity index (χ3n) is 1.28. The van der Waals surface area contributed by atoms with E-state index in [9.17, 15) is 4.39 Å². The lowest BCUT2D eigenvalue weighted by atomic mass is 10.3. The molecule has 1 aromatic rings. The van der Waals surface area contributed by atoms with E-state index in [0.29, 0.717) is 5.69 Å². The molecule has 0 radical (unpaired) electrons. The van der Waals surface area contributed by atoms with E-state index in [2.05, 4.69) is 10.3 Å². The Kier molecular flexibility index (Phi) is 1.96. The molecule has 4 nitrogen and oxygen atoms in total. The highest BCUT2D eigenvalue weighted by atomic mass is 19.1. The smallest absolute Gasteiger partial charge is 0.155 e. The average Bonchev–Trinajstić information content (AvgIpc) is 2.34. The molecule has 0 spiro atoms. The summed E-state index contributed by atoms with van der Waals surface area (Å²) in [5, 5.41) is 7.06. The summed E-state index contributed by atoms with van der Waals surface area (Å²) in [6, 6.07) is 0. The van der Waals surface area contributed by atoms with Gasteiger partial charge < -0.3 is 5.73 Å². The zero-order valence-corrected chi connectivity index (χ0v) is 5.66. The van der Waals surface area contributed by atoms with Gasteiger partial charge in [-0.25, -0.2) is 9.07 Å². The van der Waals surface area contributed by atoms with E-state index in [-0.39, 0.29) is 6.54 Å². The Balaban J connectivity index is 2.82. The molecule has 0 fully saturated rings. The fourth-order valence-corrected chi connectivity index (χ4v) is 0.702. The van der Waals surface area contributed by atoms with Gasteiger partial charge in [0.15, 0.2) is 6.17 Å². The first-order valence-electron chi connectivity index (χ1n) is 2.94. The molecule has 1 heterocycles. The van der Waals surface area contributed by atoms with Crippen LogP contribution in [0.4, 0.5) is 4.39 Å². The maximum atomic E-state index is 12.7. The Morgan fingerprint density at radius 2 is 2.60 bits per heavy atom. The highest BCUT2D eigenvalue weighted by molar-refractivity contribution is 4.98. The number of rotatable bonds is 2. The maximum absolute atomic E-state index is 12.7. The minimum atomic E-state index is -1.15. The Morgan fingerprint density at radius 3 is 3.00 bits per heavy atom. The van der Waals surface area contributed by atoms with E-state index in [0.717, 1.165) is 0 Å². The lowest BCUT2D eigenvalue weighted by Crippen LogP contribution is -2.11. The van der Waals surface area contributed by atoms with E-state index in [4.69, 9.17) is 5.73 Å².